The maximum absolute atomic E-state index is 14.0. The number of hydrogen-bond acceptors (Lipinski definition) is 7. The van der Waals surface area contributed by atoms with Crippen LogP contribution in [0, 0.1) is 17.3 Å². The number of halogens is 4. The monoisotopic (exact) mass is 500 g/mol. The van der Waals surface area contributed by atoms with Crippen molar-refractivity contribution in [1.82, 2.24) is 29.4 Å². The molecular weight excluding hydrogens is 484 g/mol. The van der Waals surface area contributed by atoms with Crippen molar-refractivity contribution in [2.24, 2.45) is 7.05 Å². The summed E-state index contributed by atoms with van der Waals surface area (Å²) in [6, 6.07) is 3.78. The molecule has 2 atom stereocenters. The molecule has 0 fully saturated rings. The summed E-state index contributed by atoms with van der Waals surface area (Å²) in [4.78, 5) is 21.1. The van der Waals surface area contributed by atoms with Crippen LogP contribution in [0.2, 0.25) is 0 Å². The van der Waals surface area contributed by atoms with Crippen LogP contribution in [0.1, 0.15) is 41.6 Å². The van der Waals surface area contributed by atoms with E-state index in [1.165, 1.54) is 16.8 Å². The summed E-state index contributed by atoms with van der Waals surface area (Å²) in [6.45, 7) is 1.88. The minimum atomic E-state index is -5.03. The minimum Gasteiger partial charge on any atom is -0.386 e. The number of ether oxygens (including phenoxy) is 1. The SMILES string of the molecule is Cn1cc([C@]2(C)C[C@H](C(=O)Nc3cnc(OC(F)(F)F)c(C#N)c3)c3cnc4cc(F)nn4c32)cn1. The van der Waals surface area contributed by atoms with Crippen molar-refractivity contribution in [3.63, 3.8) is 0 Å². The van der Waals surface area contributed by atoms with Gasteiger partial charge in [0.15, 0.2) is 5.65 Å². The number of rotatable bonds is 4. The van der Waals surface area contributed by atoms with Crippen LogP contribution in [0.15, 0.2) is 36.9 Å². The molecule has 0 unspecified atom stereocenters. The Balaban J connectivity index is 1.53. The normalized spacial score (nSPS) is 19.2. The number of nitriles is 1. The van der Waals surface area contributed by atoms with Crippen molar-refractivity contribution in [3.05, 3.63) is 65.3 Å². The zero-order valence-electron chi connectivity index (χ0n) is 18.7. The number of aromatic nitrogens is 6. The third kappa shape index (κ3) is 3.88. The maximum atomic E-state index is 14.0. The van der Waals surface area contributed by atoms with Crippen LogP contribution < -0.4 is 10.1 Å². The summed E-state index contributed by atoms with van der Waals surface area (Å²) in [7, 11) is 1.74. The highest BCUT2D eigenvalue weighted by Gasteiger charge is 2.47. The predicted octanol–water partition coefficient (Wildman–Crippen LogP) is 3.20. The lowest BCUT2D eigenvalue weighted by molar-refractivity contribution is -0.276. The molecule has 0 radical (unpaired) electrons. The molecule has 1 aliphatic rings. The smallest absolute Gasteiger partial charge is 0.386 e. The van der Waals surface area contributed by atoms with Crippen LogP contribution in [0.3, 0.4) is 0 Å². The Kier molecular flexibility index (Phi) is 5.16. The van der Waals surface area contributed by atoms with Crippen molar-refractivity contribution in [2.75, 3.05) is 5.32 Å². The van der Waals surface area contributed by atoms with E-state index in [1.54, 1.807) is 30.2 Å². The second-order valence-electron chi connectivity index (χ2n) is 8.52. The predicted molar refractivity (Wildman–Crippen MR) is 114 cm³/mol. The molecule has 0 saturated carbocycles. The quantitative estimate of drug-likeness (QED) is 0.427. The molecule has 10 nitrogen and oxygen atoms in total. The molecular formula is C22H16F4N8O2. The lowest BCUT2D eigenvalue weighted by atomic mass is 9.80. The van der Waals surface area contributed by atoms with Gasteiger partial charge in [0.05, 0.1) is 29.7 Å². The van der Waals surface area contributed by atoms with Gasteiger partial charge in [0.2, 0.25) is 17.7 Å². The molecule has 5 rings (SSSR count). The summed E-state index contributed by atoms with van der Waals surface area (Å²) in [6.07, 6.45) is 1.10. The van der Waals surface area contributed by atoms with Gasteiger partial charge in [0, 0.05) is 42.0 Å². The lowest BCUT2D eigenvalue weighted by Crippen LogP contribution is -2.25. The van der Waals surface area contributed by atoms with Gasteiger partial charge in [-0.15, -0.1) is 18.3 Å². The first-order valence-electron chi connectivity index (χ1n) is 10.5. The van der Waals surface area contributed by atoms with Gasteiger partial charge in [-0.1, -0.05) is 0 Å². The summed E-state index contributed by atoms with van der Waals surface area (Å²) >= 11 is 0. The first-order valence-corrected chi connectivity index (χ1v) is 10.5. The minimum absolute atomic E-state index is 0.00164. The number of nitrogens with one attached hydrogen (secondary N) is 1. The molecule has 0 aromatic carbocycles. The third-order valence-electron chi connectivity index (χ3n) is 6.10. The van der Waals surface area contributed by atoms with Crippen LogP contribution in [0.4, 0.5) is 23.2 Å². The fraction of sp³-hybridized carbons (Fsp3) is 0.273. The van der Waals surface area contributed by atoms with Gasteiger partial charge in [0.1, 0.15) is 11.6 Å². The molecule has 0 bridgehead atoms. The molecule has 36 heavy (non-hydrogen) atoms. The zero-order valence-corrected chi connectivity index (χ0v) is 18.7. The molecule has 0 aliphatic heterocycles. The summed E-state index contributed by atoms with van der Waals surface area (Å²) in [5.41, 5.74) is 0.798. The van der Waals surface area contributed by atoms with E-state index in [9.17, 15) is 27.6 Å². The average Bonchev–Trinajstić information content (AvgIpc) is 3.49. The van der Waals surface area contributed by atoms with E-state index in [0.29, 0.717) is 11.3 Å². The van der Waals surface area contributed by atoms with Crippen LogP contribution in [-0.2, 0) is 17.3 Å². The molecule has 184 valence electrons. The van der Waals surface area contributed by atoms with E-state index >= 15 is 0 Å². The number of carbonyl (C=O) groups is 1. The van der Waals surface area contributed by atoms with Crippen molar-refractivity contribution >= 4 is 17.2 Å². The first-order chi connectivity index (χ1) is 17.0. The Labute approximate surface area is 200 Å². The number of anilines is 1. The number of alkyl halides is 3. The van der Waals surface area contributed by atoms with Crippen molar-refractivity contribution in [1.29, 1.82) is 5.26 Å². The Morgan fingerprint density at radius 3 is 2.72 bits per heavy atom. The van der Waals surface area contributed by atoms with Gasteiger partial charge < -0.3 is 10.1 Å². The van der Waals surface area contributed by atoms with Crippen LogP contribution in [-0.4, -0.2) is 41.6 Å². The Morgan fingerprint density at radius 2 is 2.06 bits per heavy atom. The molecule has 1 amide bonds. The number of hydrogen-bond donors (Lipinski definition) is 1. The number of aryl methyl sites for hydroxylation is 1. The van der Waals surface area contributed by atoms with Crippen molar-refractivity contribution < 1.29 is 27.1 Å². The molecule has 4 aromatic heterocycles. The van der Waals surface area contributed by atoms with E-state index in [-0.39, 0.29) is 17.8 Å². The second-order valence-corrected chi connectivity index (χ2v) is 8.52. The van der Waals surface area contributed by atoms with Gasteiger partial charge in [-0.2, -0.15) is 14.8 Å². The van der Waals surface area contributed by atoms with E-state index in [2.05, 4.69) is 30.2 Å². The molecule has 4 heterocycles. The zero-order chi connectivity index (χ0) is 25.8. The standard InChI is InChI=1S/C22H16F4N8O2/c1-21(12-7-30-33(2)10-12)5-14(15-9-28-17-4-16(23)32-34(17)18(15)21)19(35)31-13-3-11(6-27)20(29-8-13)36-22(24,25)26/h3-4,7-10,14H,5H2,1-2H3,(H,31,35)/t14-,21-/m0/s1. The highest BCUT2D eigenvalue weighted by molar-refractivity contribution is 5.97. The fourth-order valence-electron chi connectivity index (χ4n) is 4.56. The van der Waals surface area contributed by atoms with Crippen molar-refractivity contribution in [3.8, 4) is 11.9 Å². The Hall–Kier alpha value is -4.54. The van der Waals surface area contributed by atoms with E-state index < -0.39 is 41.0 Å². The van der Waals surface area contributed by atoms with Crippen LogP contribution in [0.5, 0.6) is 5.88 Å². The summed E-state index contributed by atoms with van der Waals surface area (Å²) < 4.78 is 58.4. The van der Waals surface area contributed by atoms with Crippen LogP contribution >= 0.6 is 0 Å². The Morgan fingerprint density at radius 1 is 1.28 bits per heavy atom. The lowest BCUT2D eigenvalue weighted by Gasteiger charge is -2.24. The number of nitrogens with zero attached hydrogens (tertiary/aromatic N) is 7. The highest BCUT2D eigenvalue weighted by atomic mass is 19.4. The van der Waals surface area contributed by atoms with Gasteiger partial charge >= 0.3 is 6.36 Å². The van der Waals surface area contributed by atoms with Gasteiger partial charge in [0.25, 0.3) is 0 Å². The topological polar surface area (TPSA) is 123 Å². The van der Waals surface area contributed by atoms with E-state index in [0.717, 1.165) is 17.8 Å². The fourth-order valence-corrected chi connectivity index (χ4v) is 4.56. The molecule has 14 heteroatoms. The number of amides is 1. The molecule has 0 saturated heterocycles. The Bertz CT molecular complexity index is 1550. The number of pyridine rings is 1. The maximum Gasteiger partial charge on any atom is 0.574 e. The molecule has 0 spiro atoms. The van der Waals surface area contributed by atoms with Crippen molar-refractivity contribution in [2.45, 2.75) is 31.0 Å². The highest BCUT2D eigenvalue weighted by Crippen LogP contribution is 2.49. The molecule has 1 N–H and O–H groups in total. The summed E-state index contributed by atoms with van der Waals surface area (Å²) in [5.74, 6) is -2.96. The van der Waals surface area contributed by atoms with Gasteiger partial charge in [-0.3, -0.25) is 9.48 Å². The number of carbonyl (C=O) groups excluding carboxylic acids is 1. The molecule has 1 aliphatic carbocycles. The number of fused-ring (bicyclic) bond motifs is 3. The first kappa shape index (κ1) is 23.2. The average molecular weight is 500 g/mol. The molecule has 4 aromatic rings. The van der Waals surface area contributed by atoms with Crippen LogP contribution in [0.25, 0.3) is 5.65 Å². The summed E-state index contributed by atoms with van der Waals surface area (Å²) in [5, 5.41) is 20.0. The van der Waals surface area contributed by atoms with E-state index in [4.69, 9.17) is 0 Å². The third-order valence-corrected chi connectivity index (χ3v) is 6.10. The second kappa shape index (κ2) is 8.01. The van der Waals surface area contributed by atoms with Gasteiger partial charge in [-0.25, -0.2) is 14.5 Å². The van der Waals surface area contributed by atoms with Gasteiger partial charge in [-0.05, 0) is 19.4 Å². The largest absolute Gasteiger partial charge is 0.574 e. The van der Waals surface area contributed by atoms with E-state index in [1.807, 2.05) is 6.92 Å².